The van der Waals surface area contributed by atoms with Gasteiger partial charge in [-0.1, -0.05) is 12.2 Å². The third kappa shape index (κ3) is 3.11. The zero-order valence-electron chi connectivity index (χ0n) is 12.9. The van der Waals surface area contributed by atoms with Crippen LogP contribution >= 0.6 is 0 Å². The van der Waals surface area contributed by atoms with Crippen molar-refractivity contribution in [1.29, 1.82) is 0 Å². The van der Waals surface area contributed by atoms with E-state index in [1.165, 1.54) is 6.07 Å². The lowest BCUT2D eigenvalue weighted by Crippen LogP contribution is -2.39. The van der Waals surface area contributed by atoms with Crippen LogP contribution in [-0.2, 0) is 26.0 Å². The second-order valence-electron chi connectivity index (χ2n) is 5.87. The molecule has 1 N–H and O–H groups in total. The topological polar surface area (TPSA) is 81.7 Å². The Morgan fingerprint density at radius 3 is 2.87 bits per heavy atom. The fourth-order valence-corrected chi connectivity index (χ4v) is 4.02. The van der Waals surface area contributed by atoms with Gasteiger partial charge in [-0.25, -0.2) is 13.1 Å². The number of rotatable bonds is 4. The molecule has 2 heterocycles. The molecule has 124 valence electrons. The summed E-state index contributed by atoms with van der Waals surface area (Å²) in [5.74, 6) is -0.380. The third-order valence-corrected chi connectivity index (χ3v) is 5.46. The van der Waals surface area contributed by atoms with Gasteiger partial charge in [-0.3, -0.25) is 4.79 Å². The summed E-state index contributed by atoms with van der Waals surface area (Å²) in [7, 11) is -3.91. The average Bonchev–Trinajstić information content (AvgIpc) is 3.15. The van der Waals surface area contributed by atoms with Gasteiger partial charge in [0, 0.05) is 13.0 Å². The minimum Gasteiger partial charge on any atom is -0.493 e. The van der Waals surface area contributed by atoms with Gasteiger partial charge >= 0.3 is 0 Å². The van der Waals surface area contributed by atoms with Crippen LogP contribution in [0.25, 0.3) is 0 Å². The van der Waals surface area contributed by atoms with Crippen molar-refractivity contribution in [3.05, 3.63) is 35.9 Å². The summed E-state index contributed by atoms with van der Waals surface area (Å²) in [5.41, 5.74) is 1.55. The first kappa shape index (κ1) is 16.0. The summed E-state index contributed by atoms with van der Waals surface area (Å²) in [6.07, 6.45) is 0.719. The van der Waals surface area contributed by atoms with Gasteiger partial charge in [0.15, 0.2) is 0 Å². The minimum atomic E-state index is -3.91. The molecule has 2 atom stereocenters. The van der Waals surface area contributed by atoms with Crippen molar-refractivity contribution in [3.8, 4) is 5.75 Å². The molecule has 2 aliphatic rings. The minimum absolute atomic E-state index is 0.0703. The molecule has 23 heavy (non-hydrogen) atoms. The number of hydrogen-bond acceptors (Lipinski definition) is 5. The molecule has 0 unspecified atom stereocenters. The van der Waals surface area contributed by atoms with Crippen LogP contribution in [0.1, 0.15) is 18.9 Å². The van der Waals surface area contributed by atoms with E-state index in [2.05, 4.69) is 11.3 Å². The molecule has 1 aromatic carbocycles. The number of sulfonamides is 1. The highest BCUT2D eigenvalue weighted by Gasteiger charge is 2.36. The number of fused-ring (bicyclic) bond motifs is 1. The molecule has 0 saturated carbocycles. The quantitative estimate of drug-likeness (QED) is 0.840. The Labute approximate surface area is 135 Å². The van der Waals surface area contributed by atoms with Crippen LogP contribution in [0.15, 0.2) is 35.2 Å². The highest BCUT2D eigenvalue weighted by molar-refractivity contribution is 7.90. The summed E-state index contributed by atoms with van der Waals surface area (Å²) in [6, 6.07) is 4.62. The third-order valence-electron chi connectivity index (χ3n) is 4.12. The first-order valence-electron chi connectivity index (χ1n) is 7.48. The van der Waals surface area contributed by atoms with Gasteiger partial charge in [-0.2, -0.15) is 0 Å². The van der Waals surface area contributed by atoms with Crippen LogP contribution in [0.2, 0.25) is 0 Å². The molecule has 1 amide bonds. The summed E-state index contributed by atoms with van der Waals surface area (Å²) in [6.45, 7) is 6.53. The molecule has 0 bridgehead atoms. The van der Waals surface area contributed by atoms with E-state index in [1.54, 1.807) is 19.1 Å². The van der Waals surface area contributed by atoms with Crippen molar-refractivity contribution in [2.75, 3.05) is 13.2 Å². The summed E-state index contributed by atoms with van der Waals surface area (Å²) in [5, 5.41) is 0. The molecule has 1 saturated heterocycles. The Morgan fingerprint density at radius 1 is 1.35 bits per heavy atom. The van der Waals surface area contributed by atoms with E-state index in [-0.39, 0.29) is 4.90 Å². The standard InChI is InChI=1S/C16H19NO5S/c1-10(2)15-13(6-8-22-15)16(18)17-23(19,20)12-3-4-14-11(9-12)5-7-21-14/h3-4,9,13,15H,1,5-8H2,2H3,(H,17,18)/t13-,15-/m0/s1. The molecular weight excluding hydrogens is 318 g/mol. The number of amides is 1. The zero-order valence-corrected chi connectivity index (χ0v) is 13.7. The highest BCUT2D eigenvalue weighted by Crippen LogP contribution is 2.29. The maximum Gasteiger partial charge on any atom is 0.264 e. The first-order chi connectivity index (χ1) is 10.9. The van der Waals surface area contributed by atoms with E-state index in [0.29, 0.717) is 31.8 Å². The van der Waals surface area contributed by atoms with Crippen molar-refractivity contribution in [1.82, 2.24) is 4.72 Å². The largest absolute Gasteiger partial charge is 0.493 e. The number of nitrogens with one attached hydrogen (secondary N) is 1. The van der Waals surface area contributed by atoms with Crippen LogP contribution in [0.5, 0.6) is 5.75 Å². The Kier molecular flexibility index (Phi) is 4.16. The Balaban J connectivity index is 1.78. The van der Waals surface area contributed by atoms with E-state index in [4.69, 9.17) is 9.47 Å². The molecule has 0 aromatic heterocycles. The lowest BCUT2D eigenvalue weighted by Gasteiger charge is -2.18. The molecular formula is C16H19NO5S. The lowest BCUT2D eigenvalue weighted by atomic mass is 9.96. The molecule has 1 fully saturated rings. The predicted octanol–water partition coefficient (Wildman–Crippen LogP) is 1.41. The van der Waals surface area contributed by atoms with Crippen LogP contribution in [0, 0.1) is 5.92 Å². The van der Waals surface area contributed by atoms with Crippen molar-refractivity contribution in [2.24, 2.45) is 5.92 Å². The molecule has 3 rings (SSSR count). The normalized spacial score (nSPS) is 23.2. The molecule has 0 spiro atoms. The number of carbonyl (C=O) groups is 1. The number of hydrogen-bond donors (Lipinski definition) is 1. The van der Waals surface area contributed by atoms with Gasteiger partial charge in [0.2, 0.25) is 5.91 Å². The maximum atomic E-state index is 12.4. The van der Waals surface area contributed by atoms with Crippen molar-refractivity contribution >= 4 is 15.9 Å². The number of benzene rings is 1. The van der Waals surface area contributed by atoms with E-state index in [1.807, 2.05) is 0 Å². The van der Waals surface area contributed by atoms with Gasteiger partial charge < -0.3 is 9.47 Å². The molecule has 6 nitrogen and oxygen atoms in total. The monoisotopic (exact) mass is 337 g/mol. The smallest absolute Gasteiger partial charge is 0.264 e. The molecule has 1 aromatic rings. The summed E-state index contributed by atoms with van der Waals surface area (Å²) >= 11 is 0. The van der Waals surface area contributed by atoms with E-state index < -0.39 is 28.0 Å². The van der Waals surface area contributed by atoms with Gasteiger partial charge in [0.25, 0.3) is 10.0 Å². The highest BCUT2D eigenvalue weighted by atomic mass is 32.2. The molecule has 0 radical (unpaired) electrons. The Bertz CT molecular complexity index is 756. The summed E-state index contributed by atoms with van der Waals surface area (Å²) in [4.78, 5) is 12.4. The van der Waals surface area contributed by atoms with Gasteiger partial charge in [-0.05, 0) is 37.1 Å². The van der Waals surface area contributed by atoms with Gasteiger partial charge in [0.05, 0.1) is 23.5 Å². The first-order valence-corrected chi connectivity index (χ1v) is 8.96. The second kappa shape index (κ2) is 5.98. The van der Waals surface area contributed by atoms with E-state index in [9.17, 15) is 13.2 Å². The lowest BCUT2D eigenvalue weighted by molar-refractivity contribution is -0.124. The molecule has 0 aliphatic carbocycles. The molecule has 7 heteroatoms. The number of ether oxygens (including phenoxy) is 2. The molecule has 2 aliphatic heterocycles. The van der Waals surface area contributed by atoms with Gasteiger partial charge in [-0.15, -0.1) is 0 Å². The Morgan fingerprint density at radius 2 is 2.13 bits per heavy atom. The van der Waals surface area contributed by atoms with Crippen LogP contribution in [0.3, 0.4) is 0 Å². The number of carbonyl (C=O) groups excluding carboxylic acids is 1. The second-order valence-corrected chi connectivity index (χ2v) is 7.55. The van der Waals surface area contributed by atoms with Crippen molar-refractivity contribution in [3.63, 3.8) is 0 Å². The SMILES string of the molecule is C=C(C)[C@@H]1OCC[C@@H]1C(=O)NS(=O)(=O)c1ccc2c(c1)CCO2. The van der Waals surface area contributed by atoms with Crippen molar-refractivity contribution in [2.45, 2.75) is 30.8 Å². The summed E-state index contributed by atoms with van der Waals surface area (Å²) < 4.78 is 37.9. The predicted molar refractivity (Wildman–Crippen MR) is 83.6 cm³/mol. The average molecular weight is 337 g/mol. The van der Waals surface area contributed by atoms with Crippen molar-refractivity contribution < 1.29 is 22.7 Å². The van der Waals surface area contributed by atoms with Crippen LogP contribution < -0.4 is 9.46 Å². The Hall–Kier alpha value is -1.86. The van der Waals surface area contributed by atoms with E-state index in [0.717, 1.165) is 11.1 Å². The van der Waals surface area contributed by atoms with Crippen LogP contribution in [0.4, 0.5) is 0 Å². The zero-order chi connectivity index (χ0) is 16.6. The van der Waals surface area contributed by atoms with E-state index >= 15 is 0 Å². The maximum absolute atomic E-state index is 12.4. The van der Waals surface area contributed by atoms with Crippen LogP contribution in [-0.4, -0.2) is 33.6 Å². The fraction of sp³-hybridized carbons (Fsp3) is 0.438. The fourth-order valence-electron chi connectivity index (χ4n) is 2.94. The van der Waals surface area contributed by atoms with Gasteiger partial charge in [0.1, 0.15) is 5.75 Å².